The van der Waals surface area contributed by atoms with Gasteiger partial charge in [0.2, 0.25) is 11.8 Å². The van der Waals surface area contributed by atoms with Crippen molar-refractivity contribution in [3.63, 3.8) is 0 Å². The van der Waals surface area contributed by atoms with Gasteiger partial charge < -0.3 is 15.2 Å². The summed E-state index contributed by atoms with van der Waals surface area (Å²) in [5.74, 6) is -0.263. The van der Waals surface area contributed by atoms with Crippen LogP contribution in [0.1, 0.15) is 45.2 Å². The van der Waals surface area contributed by atoms with Crippen molar-refractivity contribution in [1.82, 2.24) is 19.7 Å². The summed E-state index contributed by atoms with van der Waals surface area (Å²) in [5.41, 5.74) is 0.498. The minimum absolute atomic E-state index is 0.106. The molecule has 0 spiro atoms. The van der Waals surface area contributed by atoms with Crippen molar-refractivity contribution < 1.29 is 14.2 Å². The molecule has 2 heterocycles. The monoisotopic (exact) mass is 388 g/mol. The Hall–Kier alpha value is -2.73. The lowest BCUT2D eigenvalue weighted by Crippen LogP contribution is -2.24. The van der Waals surface area contributed by atoms with Crippen LogP contribution in [0.25, 0.3) is 0 Å². The molecule has 0 aromatic carbocycles. The van der Waals surface area contributed by atoms with E-state index < -0.39 is 11.4 Å². The van der Waals surface area contributed by atoms with Gasteiger partial charge in [-0.3, -0.25) is 4.68 Å². The lowest BCUT2D eigenvalue weighted by Gasteiger charge is -2.25. The van der Waals surface area contributed by atoms with Gasteiger partial charge in [-0.1, -0.05) is 0 Å². The molecule has 0 aliphatic heterocycles. The van der Waals surface area contributed by atoms with Crippen LogP contribution in [0.2, 0.25) is 0 Å². The fourth-order valence-electron chi connectivity index (χ4n) is 3.06. The molecule has 150 valence electrons. The number of nitrogens with zero attached hydrogens (tertiary/aromatic N) is 5. The third-order valence-corrected chi connectivity index (χ3v) is 4.98. The standard InChI is InChI=1S/C19H25FN6O2/c1-12-16(9-26(25-12)19(2,3)11-21)23-18-22-8-15(20)17(24-18)28-10-13-4-6-14(27)7-5-13/h8-9,13-14,27H,4-7,10H2,1-3H3,(H,22,23,24). The SMILES string of the molecule is Cc1nn(C(C)(C)C#N)cc1Nc1ncc(F)c(OCC2CCC(O)CC2)n1. The van der Waals surface area contributed by atoms with Crippen molar-refractivity contribution in [2.75, 3.05) is 11.9 Å². The van der Waals surface area contributed by atoms with Gasteiger partial charge in [-0.2, -0.15) is 19.7 Å². The summed E-state index contributed by atoms with van der Waals surface area (Å²) < 4.78 is 21.2. The van der Waals surface area contributed by atoms with Crippen molar-refractivity contribution >= 4 is 11.6 Å². The number of aliphatic hydroxyl groups excluding tert-OH is 1. The van der Waals surface area contributed by atoms with Crippen molar-refractivity contribution in [1.29, 1.82) is 5.26 Å². The van der Waals surface area contributed by atoms with Crippen LogP contribution in [0.5, 0.6) is 5.88 Å². The van der Waals surface area contributed by atoms with E-state index in [0.717, 1.165) is 31.9 Å². The average Bonchev–Trinajstić information content (AvgIpc) is 3.05. The first kappa shape index (κ1) is 20.0. The van der Waals surface area contributed by atoms with E-state index in [9.17, 15) is 14.8 Å². The van der Waals surface area contributed by atoms with E-state index in [2.05, 4.69) is 26.5 Å². The van der Waals surface area contributed by atoms with Crippen LogP contribution >= 0.6 is 0 Å². The molecule has 2 aromatic rings. The molecule has 28 heavy (non-hydrogen) atoms. The molecule has 0 radical (unpaired) electrons. The van der Waals surface area contributed by atoms with Gasteiger partial charge in [0.05, 0.1) is 42.6 Å². The Bertz CT molecular complexity index is 868. The molecular formula is C19H25FN6O2. The first-order valence-corrected chi connectivity index (χ1v) is 9.37. The summed E-state index contributed by atoms with van der Waals surface area (Å²) in [4.78, 5) is 8.09. The highest BCUT2D eigenvalue weighted by atomic mass is 19.1. The molecule has 9 heteroatoms. The molecule has 2 aromatic heterocycles. The smallest absolute Gasteiger partial charge is 0.255 e. The molecule has 1 aliphatic rings. The summed E-state index contributed by atoms with van der Waals surface area (Å²) >= 11 is 0. The van der Waals surface area contributed by atoms with Crippen molar-refractivity contribution in [2.24, 2.45) is 5.92 Å². The summed E-state index contributed by atoms with van der Waals surface area (Å²) in [5, 5.41) is 26.2. The number of anilines is 2. The predicted octanol–water partition coefficient (Wildman–Crippen LogP) is 3.05. The third-order valence-electron chi connectivity index (χ3n) is 4.98. The van der Waals surface area contributed by atoms with Gasteiger partial charge in [-0.25, -0.2) is 4.98 Å². The number of hydrogen-bond donors (Lipinski definition) is 2. The fourth-order valence-corrected chi connectivity index (χ4v) is 3.06. The molecule has 0 bridgehead atoms. The second-order valence-electron chi connectivity index (χ2n) is 7.70. The number of halogens is 1. The quantitative estimate of drug-likeness (QED) is 0.783. The highest BCUT2D eigenvalue weighted by molar-refractivity contribution is 5.55. The van der Waals surface area contributed by atoms with Crippen molar-refractivity contribution in [2.45, 2.75) is 58.1 Å². The van der Waals surface area contributed by atoms with Gasteiger partial charge in [0.25, 0.3) is 5.88 Å². The Labute approximate surface area is 163 Å². The number of aryl methyl sites for hydroxylation is 1. The summed E-state index contributed by atoms with van der Waals surface area (Å²) in [7, 11) is 0. The van der Waals surface area contributed by atoms with Crippen LogP contribution in [-0.2, 0) is 5.54 Å². The highest BCUT2D eigenvalue weighted by Crippen LogP contribution is 2.26. The summed E-state index contributed by atoms with van der Waals surface area (Å²) in [6, 6.07) is 2.19. The largest absolute Gasteiger partial charge is 0.475 e. The molecule has 1 fully saturated rings. The Kier molecular flexibility index (Phi) is 5.79. The molecule has 0 atom stereocenters. The second kappa shape index (κ2) is 8.10. The Morgan fingerprint density at radius 3 is 2.79 bits per heavy atom. The van der Waals surface area contributed by atoms with Crippen LogP contribution < -0.4 is 10.1 Å². The molecule has 8 nitrogen and oxygen atoms in total. The number of nitriles is 1. The fraction of sp³-hybridized carbons (Fsp3) is 0.579. The molecule has 0 amide bonds. The maximum Gasteiger partial charge on any atom is 0.255 e. The van der Waals surface area contributed by atoms with E-state index in [-0.39, 0.29) is 23.9 Å². The Morgan fingerprint density at radius 1 is 1.39 bits per heavy atom. The van der Waals surface area contributed by atoms with E-state index in [0.29, 0.717) is 18.0 Å². The molecule has 1 saturated carbocycles. The van der Waals surface area contributed by atoms with Crippen LogP contribution in [0, 0.1) is 30.0 Å². The summed E-state index contributed by atoms with van der Waals surface area (Å²) in [6.45, 7) is 5.67. The van der Waals surface area contributed by atoms with Gasteiger partial charge in [0.15, 0.2) is 0 Å². The topological polar surface area (TPSA) is 109 Å². The zero-order chi connectivity index (χ0) is 20.3. The van der Waals surface area contributed by atoms with E-state index in [1.165, 1.54) is 0 Å². The summed E-state index contributed by atoms with van der Waals surface area (Å²) in [6.07, 6.45) is 5.72. The normalized spacial score (nSPS) is 19.9. The van der Waals surface area contributed by atoms with Crippen LogP contribution in [0.4, 0.5) is 16.0 Å². The molecule has 0 unspecified atom stereocenters. The maximum atomic E-state index is 14.0. The van der Waals surface area contributed by atoms with E-state index in [4.69, 9.17) is 4.74 Å². The van der Waals surface area contributed by atoms with E-state index >= 15 is 0 Å². The van der Waals surface area contributed by atoms with E-state index in [1.54, 1.807) is 31.6 Å². The molecular weight excluding hydrogens is 363 g/mol. The lowest BCUT2D eigenvalue weighted by molar-refractivity contribution is 0.0899. The van der Waals surface area contributed by atoms with Gasteiger partial charge in [-0.05, 0) is 52.4 Å². The minimum atomic E-state index is -0.795. The molecule has 1 aliphatic carbocycles. The Balaban J connectivity index is 1.69. The zero-order valence-corrected chi connectivity index (χ0v) is 16.3. The predicted molar refractivity (Wildman–Crippen MR) is 101 cm³/mol. The van der Waals surface area contributed by atoms with Gasteiger partial charge in [0.1, 0.15) is 5.54 Å². The first-order chi connectivity index (χ1) is 13.3. The number of rotatable bonds is 6. The van der Waals surface area contributed by atoms with Gasteiger partial charge in [-0.15, -0.1) is 0 Å². The van der Waals surface area contributed by atoms with Crippen molar-refractivity contribution in [3.8, 4) is 11.9 Å². The lowest BCUT2D eigenvalue weighted by atomic mass is 9.88. The third kappa shape index (κ3) is 4.57. The Morgan fingerprint density at radius 2 is 2.11 bits per heavy atom. The molecule has 3 rings (SSSR count). The van der Waals surface area contributed by atoms with E-state index in [1.807, 2.05) is 0 Å². The number of ether oxygens (including phenoxy) is 1. The number of hydrogen-bond acceptors (Lipinski definition) is 7. The minimum Gasteiger partial charge on any atom is -0.475 e. The van der Waals surface area contributed by atoms with Gasteiger partial charge in [0, 0.05) is 0 Å². The second-order valence-corrected chi connectivity index (χ2v) is 7.70. The molecule has 2 N–H and O–H groups in total. The maximum absolute atomic E-state index is 14.0. The average molecular weight is 388 g/mol. The number of nitrogens with one attached hydrogen (secondary N) is 1. The highest BCUT2D eigenvalue weighted by Gasteiger charge is 2.23. The number of aliphatic hydroxyl groups is 1. The zero-order valence-electron chi connectivity index (χ0n) is 16.3. The van der Waals surface area contributed by atoms with Crippen LogP contribution in [0.3, 0.4) is 0 Å². The first-order valence-electron chi connectivity index (χ1n) is 9.37. The van der Waals surface area contributed by atoms with Gasteiger partial charge >= 0.3 is 0 Å². The van der Waals surface area contributed by atoms with Crippen molar-refractivity contribution in [3.05, 3.63) is 23.9 Å². The number of aromatic nitrogens is 4. The van der Waals surface area contributed by atoms with Crippen LogP contribution in [0.15, 0.2) is 12.4 Å². The van der Waals surface area contributed by atoms with Crippen LogP contribution in [-0.4, -0.2) is 37.6 Å². The molecule has 0 saturated heterocycles.